The summed E-state index contributed by atoms with van der Waals surface area (Å²) in [5.74, 6) is 0.607. The Morgan fingerprint density at radius 1 is 1.19 bits per heavy atom. The number of nitrogens with one attached hydrogen (secondary N) is 1. The molecule has 3 rings (SSSR count). The van der Waals surface area contributed by atoms with Gasteiger partial charge >= 0.3 is 0 Å². The molecule has 0 aliphatic rings. The fourth-order valence-corrected chi connectivity index (χ4v) is 2.19. The van der Waals surface area contributed by atoms with Gasteiger partial charge < -0.3 is 9.88 Å². The molecule has 0 spiro atoms. The van der Waals surface area contributed by atoms with Crippen LogP contribution in [0.2, 0.25) is 0 Å². The maximum atomic E-state index is 12.3. The second-order valence-corrected chi connectivity index (χ2v) is 4.62. The van der Waals surface area contributed by atoms with E-state index in [9.17, 15) is 4.79 Å². The van der Waals surface area contributed by atoms with Gasteiger partial charge in [0.15, 0.2) is 0 Å². The predicted octanol–water partition coefficient (Wildman–Crippen LogP) is 0.837. The molecule has 1 amide bonds. The molecule has 108 valence electrons. The molecular weight excluding hydrogens is 268 g/mol. The van der Waals surface area contributed by atoms with Crippen LogP contribution in [0.15, 0.2) is 49.2 Å². The number of aryl methyl sites for hydroxylation is 1. The first-order valence-electron chi connectivity index (χ1n) is 6.66. The average Bonchev–Trinajstić information content (AvgIpc) is 3.18. The van der Waals surface area contributed by atoms with E-state index >= 15 is 0 Å². The van der Waals surface area contributed by atoms with Crippen LogP contribution in [0.4, 0.5) is 0 Å². The van der Waals surface area contributed by atoms with Crippen LogP contribution in [0.1, 0.15) is 10.4 Å². The molecular formula is C14H16N6O. The summed E-state index contributed by atoms with van der Waals surface area (Å²) in [5.41, 5.74) is 0.550. The van der Waals surface area contributed by atoms with E-state index in [1.54, 1.807) is 21.8 Å². The van der Waals surface area contributed by atoms with Crippen LogP contribution in [0.25, 0.3) is 5.82 Å². The quantitative estimate of drug-likeness (QED) is 0.754. The van der Waals surface area contributed by atoms with E-state index in [1.807, 2.05) is 48.4 Å². The number of hydrogen-bond acceptors (Lipinski definition) is 3. The normalized spacial score (nSPS) is 10.7. The van der Waals surface area contributed by atoms with Crippen molar-refractivity contribution in [2.24, 2.45) is 7.05 Å². The Kier molecular flexibility index (Phi) is 3.55. The predicted molar refractivity (Wildman–Crippen MR) is 77.1 cm³/mol. The van der Waals surface area contributed by atoms with E-state index in [0.29, 0.717) is 18.7 Å². The Bertz CT molecular complexity index is 711. The zero-order chi connectivity index (χ0) is 14.7. The molecule has 3 aromatic rings. The summed E-state index contributed by atoms with van der Waals surface area (Å²) in [5, 5.41) is 11.1. The van der Waals surface area contributed by atoms with Crippen molar-refractivity contribution in [1.29, 1.82) is 0 Å². The lowest BCUT2D eigenvalue weighted by Gasteiger charge is -2.08. The summed E-state index contributed by atoms with van der Waals surface area (Å²) in [6, 6.07) is 5.67. The van der Waals surface area contributed by atoms with Crippen LogP contribution < -0.4 is 5.32 Å². The molecule has 0 radical (unpaired) electrons. The van der Waals surface area contributed by atoms with Crippen molar-refractivity contribution in [3.05, 3.63) is 54.7 Å². The molecule has 7 heteroatoms. The molecule has 1 N–H and O–H groups in total. The molecule has 0 aliphatic carbocycles. The molecule has 3 aromatic heterocycles. The first-order chi connectivity index (χ1) is 10.3. The summed E-state index contributed by atoms with van der Waals surface area (Å²) in [7, 11) is 1.82. The number of carbonyl (C=O) groups is 1. The molecule has 0 bridgehead atoms. The van der Waals surface area contributed by atoms with Gasteiger partial charge in [0.1, 0.15) is 11.4 Å². The third-order valence-electron chi connectivity index (χ3n) is 3.19. The summed E-state index contributed by atoms with van der Waals surface area (Å²) < 4.78 is 5.33. The molecule has 0 atom stereocenters. The van der Waals surface area contributed by atoms with E-state index < -0.39 is 0 Å². The van der Waals surface area contributed by atoms with Crippen LogP contribution in [-0.2, 0) is 13.6 Å². The van der Waals surface area contributed by atoms with Gasteiger partial charge in [-0.1, -0.05) is 0 Å². The summed E-state index contributed by atoms with van der Waals surface area (Å²) >= 11 is 0. The highest BCUT2D eigenvalue weighted by Gasteiger charge is 2.16. The van der Waals surface area contributed by atoms with Crippen molar-refractivity contribution >= 4 is 5.91 Å². The zero-order valence-corrected chi connectivity index (χ0v) is 11.7. The topological polar surface area (TPSA) is 69.7 Å². The number of amides is 1. The lowest BCUT2D eigenvalue weighted by Crippen LogP contribution is -2.28. The number of hydrogen-bond donors (Lipinski definition) is 1. The number of rotatable bonds is 5. The molecule has 0 saturated carbocycles. The Hall–Kier alpha value is -2.83. The van der Waals surface area contributed by atoms with Crippen molar-refractivity contribution in [2.45, 2.75) is 6.54 Å². The van der Waals surface area contributed by atoms with Crippen LogP contribution in [0.3, 0.4) is 0 Å². The van der Waals surface area contributed by atoms with Gasteiger partial charge in [-0.05, 0) is 18.2 Å². The third-order valence-corrected chi connectivity index (χ3v) is 3.19. The SMILES string of the molecule is Cn1ncc(C(=O)NCCn2cccn2)c1-n1cccc1. The molecule has 0 aliphatic heterocycles. The molecule has 0 fully saturated rings. The highest BCUT2D eigenvalue weighted by molar-refractivity contribution is 5.97. The minimum absolute atomic E-state index is 0.140. The zero-order valence-electron chi connectivity index (χ0n) is 11.7. The molecule has 0 unspecified atom stereocenters. The fourth-order valence-electron chi connectivity index (χ4n) is 2.19. The monoisotopic (exact) mass is 284 g/mol. The van der Waals surface area contributed by atoms with Crippen LogP contribution >= 0.6 is 0 Å². The van der Waals surface area contributed by atoms with Gasteiger partial charge in [0.2, 0.25) is 0 Å². The molecule has 0 saturated heterocycles. The highest BCUT2D eigenvalue weighted by atomic mass is 16.1. The number of carbonyl (C=O) groups excluding carboxylic acids is 1. The average molecular weight is 284 g/mol. The lowest BCUT2D eigenvalue weighted by molar-refractivity contribution is 0.0952. The second kappa shape index (κ2) is 5.66. The standard InChI is InChI=1S/C14H16N6O/c1-18-14(19-7-2-3-8-19)12(11-17-18)13(21)15-6-10-20-9-4-5-16-20/h2-5,7-9,11H,6,10H2,1H3,(H,15,21). The van der Waals surface area contributed by atoms with Gasteiger partial charge in [0.25, 0.3) is 5.91 Å². The largest absolute Gasteiger partial charge is 0.350 e. The van der Waals surface area contributed by atoms with Crippen molar-refractivity contribution in [3.8, 4) is 5.82 Å². The van der Waals surface area contributed by atoms with E-state index in [4.69, 9.17) is 0 Å². The van der Waals surface area contributed by atoms with Gasteiger partial charge in [0, 0.05) is 38.4 Å². The van der Waals surface area contributed by atoms with Crippen LogP contribution in [0, 0.1) is 0 Å². The maximum absolute atomic E-state index is 12.3. The molecule has 3 heterocycles. The smallest absolute Gasteiger partial charge is 0.256 e. The highest BCUT2D eigenvalue weighted by Crippen LogP contribution is 2.13. The van der Waals surface area contributed by atoms with Gasteiger partial charge in [-0.2, -0.15) is 10.2 Å². The summed E-state index contributed by atoms with van der Waals surface area (Å²) in [4.78, 5) is 12.3. The van der Waals surface area contributed by atoms with Gasteiger partial charge in [0.05, 0.1) is 12.7 Å². The summed E-state index contributed by atoms with van der Waals surface area (Å²) in [6.07, 6.45) is 8.93. The minimum Gasteiger partial charge on any atom is -0.350 e. The maximum Gasteiger partial charge on any atom is 0.256 e. The first kappa shape index (κ1) is 13.2. The van der Waals surface area contributed by atoms with Gasteiger partial charge in [-0.25, -0.2) is 0 Å². The Morgan fingerprint density at radius 2 is 2.00 bits per heavy atom. The first-order valence-corrected chi connectivity index (χ1v) is 6.66. The van der Waals surface area contributed by atoms with Crippen molar-refractivity contribution in [2.75, 3.05) is 6.54 Å². The molecule has 7 nitrogen and oxygen atoms in total. The van der Waals surface area contributed by atoms with Gasteiger partial charge in [-0.3, -0.25) is 14.2 Å². The van der Waals surface area contributed by atoms with Gasteiger partial charge in [-0.15, -0.1) is 0 Å². The summed E-state index contributed by atoms with van der Waals surface area (Å²) in [6.45, 7) is 1.15. The molecule has 0 aromatic carbocycles. The molecule has 21 heavy (non-hydrogen) atoms. The van der Waals surface area contributed by atoms with Crippen LogP contribution in [-0.4, -0.2) is 36.6 Å². The van der Waals surface area contributed by atoms with E-state index in [1.165, 1.54) is 0 Å². The van der Waals surface area contributed by atoms with E-state index in [-0.39, 0.29) is 5.91 Å². The Labute approximate surface area is 121 Å². The van der Waals surface area contributed by atoms with Crippen LogP contribution in [0.5, 0.6) is 0 Å². The number of aromatic nitrogens is 5. The Morgan fingerprint density at radius 3 is 2.71 bits per heavy atom. The lowest BCUT2D eigenvalue weighted by atomic mass is 10.3. The van der Waals surface area contributed by atoms with Crippen molar-refractivity contribution < 1.29 is 4.79 Å². The third kappa shape index (κ3) is 2.71. The van der Waals surface area contributed by atoms with E-state index in [2.05, 4.69) is 15.5 Å². The van der Waals surface area contributed by atoms with E-state index in [0.717, 1.165) is 5.82 Å². The Balaban J connectivity index is 1.70. The minimum atomic E-state index is -0.140. The number of nitrogens with zero attached hydrogens (tertiary/aromatic N) is 5. The van der Waals surface area contributed by atoms with Crippen molar-refractivity contribution in [1.82, 2.24) is 29.4 Å². The second-order valence-electron chi connectivity index (χ2n) is 4.62. The van der Waals surface area contributed by atoms with Crippen molar-refractivity contribution in [3.63, 3.8) is 0 Å². The fraction of sp³-hybridized carbons (Fsp3) is 0.214.